The summed E-state index contributed by atoms with van der Waals surface area (Å²) in [5, 5.41) is 0.592. The highest BCUT2D eigenvalue weighted by atomic mass is 16.5. The summed E-state index contributed by atoms with van der Waals surface area (Å²) >= 11 is 0. The van der Waals surface area contributed by atoms with Gasteiger partial charge in [-0.05, 0) is 23.8 Å². The highest BCUT2D eigenvalue weighted by Gasteiger charge is 2.26. The monoisotopic (exact) mass is 455 g/mol. The average Bonchev–Trinajstić information content (AvgIpc) is 2.85. The maximum Gasteiger partial charge on any atom is 0.340 e. The summed E-state index contributed by atoms with van der Waals surface area (Å²) in [6.45, 7) is 0. The third kappa shape index (κ3) is 4.48. The van der Waals surface area contributed by atoms with Gasteiger partial charge in [-0.25, -0.2) is 4.79 Å². The Bertz CT molecular complexity index is 1210. The number of nitrogens with zero attached hydrogens (tertiary/aromatic N) is 1. The van der Waals surface area contributed by atoms with Crippen LogP contribution >= 0.6 is 0 Å². The fourth-order valence-corrected chi connectivity index (χ4v) is 3.59. The van der Waals surface area contributed by atoms with Gasteiger partial charge in [0, 0.05) is 17.0 Å². The van der Waals surface area contributed by atoms with Crippen molar-refractivity contribution < 1.29 is 38.0 Å². The Kier molecular flexibility index (Phi) is 7.22. The van der Waals surface area contributed by atoms with Crippen LogP contribution in [0.1, 0.15) is 16.1 Å². The fourth-order valence-electron chi connectivity index (χ4n) is 3.59. The molecule has 1 aromatic heterocycles. The van der Waals surface area contributed by atoms with Gasteiger partial charge < -0.3 is 28.4 Å². The van der Waals surface area contributed by atoms with Crippen molar-refractivity contribution in [3.8, 4) is 34.1 Å². The van der Waals surface area contributed by atoms with E-state index in [-0.39, 0.29) is 17.7 Å². The van der Waals surface area contributed by atoms with Gasteiger partial charge in [-0.3, -0.25) is 9.78 Å². The number of pyridine rings is 1. The number of carbonyl (C=O) groups is 2. The van der Waals surface area contributed by atoms with Crippen LogP contribution in [0.25, 0.3) is 22.0 Å². The normalized spacial score (nSPS) is 10.5. The van der Waals surface area contributed by atoms with Crippen LogP contribution in [0, 0.1) is 0 Å². The molecule has 0 atom stereocenters. The molecule has 33 heavy (non-hydrogen) atoms. The molecule has 0 fully saturated rings. The lowest BCUT2D eigenvalue weighted by Crippen LogP contribution is -2.15. The first kappa shape index (κ1) is 23.6. The van der Waals surface area contributed by atoms with Gasteiger partial charge in [-0.15, -0.1) is 0 Å². The number of ether oxygens (including phenoxy) is 6. The third-order valence-corrected chi connectivity index (χ3v) is 5.17. The number of aromatic nitrogens is 1. The molecule has 0 N–H and O–H groups in total. The Morgan fingerprint density at radius 3 is 1.94 bits per heavy atom. The standard InChI is InChI=1S/C24H25NO8/c1-28-17-8-7-13(9-18(17)29-2)22-14-10-19(30-3)20(31-4)11-15(14)25-16(12-21(26)32-5)23(22)24(27)33-6/h7-11H,12H2,1-6H3. The zero-order valence-electron chi connectivity index (χ0n) is 19.3. The van der Waals surface area contributed by atoms with E-state index in [2.05, 4.69) is 4.98 Å². The molecule has 0 saturated carbocycles. The van der Waals surface area contributed by atoms with E-state index in [4.69, 9.17) is 28.4 Å². The van der Waals surface area contributed by atoms with Crippen molar-refractivity contribution in [1.82, 2.24) is 4.98 Å². The molecule has 2 aromatic carbocycles. The van der Waals surface area contributed by atoms with Crippen molar-refractivity contribution in [3.63, 3.8) is 0 Å². The Morgan fingerprint density at radius 1 is 0.758 bits per heavy atom. The lowest BCUT2D eigenvalue weighted by Gasteiger charge is -2.18. The number of benzene rings is 2. The van der Waals surface area contributed by atoms with Crippen LogP contribution in [-0.2, 0) is 20.7 Å². The molecule has 0 aliphatic heterocycles. The molecule has 3 aromatic rings. The molecular formula is C24H25NO8. The first-order valence-corrected chi connectivity index (χ1v) is 9.88. The molecule has 0 saturated heterocycles. The van der Waals surface area contributed by atoms with Gasteiger partial charge in [0.25, 0.3) is 0 Å². The van der Waals surface area contributed by atoms with Crippen molar-refractivity contribution in [2.45, 2.75) is 6.42 Å². The molecule has 1 heterocycles. The zero-order chi connectivity index (χ0) is 24.1. The van der Waals surface area contributed by atoms with E-state index in [1.807, 2.05) is 0 Å². The van der Waals surface area contributed by atoms with Crippen LogP contribution in [-0.4, -0.2) is 59.6 Å². The van der Waals surface area contributed by atoms with Crippen molar-refractivity contribution >= 4 is 22.8 Å². The Balaban J connectivity index is 2.49. The summed E-state index contributed by atoms with van der Waals surface area (Å²) in [4.78, 5) is 29.7. The van der Waals surface area contributed by atoms with Crippen LogP contribution < -0.4 is 18.9 Å². The molecule has 9 nitrogen and oxygen atoms in total. The number of hydrogen-bond acceptors (Lipinski definition) is 9. The molecule has 174 valence electrons. The largest absolute Gasteiger partial charge is 0.493 e. The minimum absolute atomic E-state index is 0.134. The predicted octanol–water partition coefficient (Wildman–Crippen LogP) is 3.44. The fraction of sp³-hybridized carbons (Fsp3) is 0.292. The summed E-state index contributed by atoms with van der Waals surface area (Å²) < 4.78 is 31.6. The van der Waals surface area contributed by atoms with Crippen molar-refractivity contribution in [3.05, 3.63) is 41.6 Å². The lowest BCUT2D eigenvalue weighted by molar-refractivity contribution is -0.139. The second-order valence-electron chi connectivity index (χ2n) is 6.85. The van der Waals surface area contributed by atoms with Crippen molar-refractivity contribution in [1.29, 1.82) is 0 Å². The summed E-state index contributed by atoms with van der Waals surface area (Å²) in [7, 11) is 8.61. The van der Waals surface area contributed by atoms with Crippen molar-refractivity contribution in [2.24, 2.45) is 0 Å². The minimum atomic E-state index is -0.650. The van der Waals surface area contributed by atoms with Crippen molar-refractivity contribution in [2.75, 3.05) is 42.7 Å². The topological polar surface area (TPSA) is 102 Å². The van der Waals surface area contributed by atoms with Gasteiger partial charge in [0.2, 0.25) is 0 Å². The van der Waals surface area contributed by atoms with E-state index in [1.165, 1.54) is 42.7 Å². The quantitative estimate of drug-likeness (QED) is 0.473. The van der Waals surface area contributed by atoms with Crippen LogP contribution in [0.3, 0.4) is 0 Å². The number of methoxy groups -OCH3 is 6. The van der Waals surface area contributed by atoms with Crippen LogP contribution in [0.4, 0.5) is 0 Å². The highest BCUT2D eigenvalue weighted by Crippen LogP contribution is 2.41. The molecule has 9 heteroatoms. The number of carbonyl (C=O) groups excluding carboxylic acids is 2. The van der Waals surface area contributed by atoms with E-state index in [1.54, 1.807) is 30.3 Å². The SMILES string of the molecule is COC(=O)Cc1nc2cc(OC)c(OC)cc2c(-c2ccc(OC)c(OC)c2)c1C(=O)OC. The summed E-state index contributed by atoms with van der Waals surface area (Å²) in [6, 6.07) is 8.64. The molecule has 0 aliphatic rings. The van der Waals surface area contributed by atoms with E-state index < -0.39 is 11.9 Å². The third-order valence-electron chi connectivity index (χ3n) is 5.17. The van der Waals surface area contributed by atoms with E-state index >= 15 is 0 Å². The zero-order valence-corrected chi connectivity index (χ0v) is 19.3. The van der Waals surface area contributed by atoms with Crippen LogP contribution in [0.2, 0.25) is 0 Å². The second kappa shape index (κ2) is 10.1. The first-order valence-electron chi connectivity index (χ1n) is 9.88. The molecule has 0 amide bonds. The number of rotatable bonds is 8. The number of esters is 2. The maximum absolute atomic E-state index is 13.0. The van der Waals surface area contributed by atoms with Gasteiger partial charge in [-0.2, -0.15) is 0 Å². The molecule has 0 spiro atoms. The Morgan fingerprint density at radius 2 is 1.36 bits per heavy atom. The molecule has 0 aliphatic carbocycles. The molecule has 0 radical (unpaired) electrons. The summed E-state index contributed by atoms with van der Waals surface area (Å²) in [5.41, 5.74) is 1.95. The Labute approximate surface area is 191 Å². The van der Waals surface area contributed by atoms with Crippen LogP contribution in [0.15, 0.2) is 30.3 Å². The molecule has 0 bridgehead atoms. The molecular weight excluding hydrogens is 430 g/mol. The first-order chi connectivity index (χ1) is 15.9. The maximum atomic E-state index is 13.0. The number of hydrogen-bond donors (Lipinski definition) is 0. The van der Waals surface area contributed by atoms with E-state index in [0.717, 1.165) is 0 Å². The van der Waals surface area contributed by atoms with Crippen LogP contribution in [0.5, 0.6) is 23.0 Å². The molecule has 0 unspecified atom stereocenters. The smallest absolute Gasteiger partial charge is 0.340 e. The summed E-state index contributed by atoms with van der Waals surface area (Å²) in [6.07, 6.45) is -0.231. The minimum Gasteiger partial charge on any atom is -0.493 e. The summed E-state index contributed by atoms with van der Waals surface area (Å²) in [5.74, 6) is 0.684. The van der Waals surface area contributed by atoms with Gasteiger partial charge in [0.15, 0.2) is 23.0 Å². The highest BCUT2D eigenvalue weighted by molar-refractivity contribution is 6.09. The van der Waals surface area contributed by atoms with Gasteiger partial charge >= 0.3 is 11.9 Å². The Hall–Kier alpha value is -4.01. The van der Waals surface area contributed by atoms with Gasteiger partial charge in [-0.1, -0.05) is 6.07 Å². The predicted molar refractivity (Wildman–Crippen MR) is 120 cm³/mol. The number of fused-ring (bicyclic) bond motifs is 1. The lowest BCUT2D eigenvalue weighted by atomic mass is 9.92. The molecule has 3 rings (SSSR count). The van der Waals surface area contributed by atoms with E-state index in [0.29, 0.717) is 45.0 Å². The van der Waals surface area contributed by atoms with Gasteiger partial charge in [0.05, 0.1) is 65.9 Å². The van der Waals surface area contributed by atoms with E-state index in [9.17, 15) is 9.59 Å². The van der Waals surface area contributed by atoms with Gasteiger partial charge in [0.1, 0.15) is 0 Å². The average molecular weight is 455 g/mol. The second-order valence-corrected chi connectivity index (χ2v) is 6.85.